The summed E-state index contributed by atoms with van der Waals surface area (Å²) in [5, 5.41) is 3.68. The largest absolute Gasteiger partial charge is 0.313 e. The third kappa shape index (κ3) is 4.27. The normalized spacial score (nSPS) is 28.7. The summed E-state index contributed by atoms with van der Waals surface area (Å²) in [6, 6.07) is 0.811. The summed E-state index contributed by atoms with van der Waals surface area (Å²) in [4.78, 5) is 2.64. The van der Waals surface area contributed by atoms with Crippen molar-refractivity contribution >= 4 is 11.8 Å². The Morgan fingerprint density at radius 2 is 2.06 bits per heavy atom. The highest BCUT2D eigenvalue weighted by Gasteiger charge is 2.16. The van der Waals surface area contributed by atoms with Crippen LogP contribution in [0.2, 0.25) is 0 Å². The molecule has 0 aromatic carbocycles. The number of nitrogens with one attached hydrogen (secondary N) is 1. The van der Waals surface area contributed by atoms with Crippen LogP contribution in [0.4, 0.5) is 0 Å². The molecular formula is C13H26N2S. The zero-order chi connectivity index (χ0) is 11.2. The van der Waals surface area contributed by atoms with Crippen molar-refractivity contribution < 1.29 is 0 Å². The third-order valence-electron chi connectivity index (χ3n) is 3.89. The first-order chi connectivity index (χ1) is 7.84. The molecule has 0 aromatic heterocycles. The van der Waals surface area contributed by atoms with E-state index in [1.165, 1.54) is 63.4 Å². The van der Waals surface area contributed by atoms with Gasteiger partial charge in [-0.05, 0) is 63.5 Å². The molecule has 2 saturated heterocycles. The Labute approximate surface area is 105 Å². The van der Waals surface area contributed by atoms with Gasteiger partial charge in [0.15, 0.2) is 0 Å². The smallest absolute Gasteiger partial charge is 0.0166 e. The average molecular weight is 242 g/mol. The molecule has 2 nitrogen and oxygen atoms in total. The van der Waals surface area contributed by atoms with Gasteiger partial charge in [0.25, 0.3) is 0 Å². The van der Waals surface area contributed by atoms with Crippen LogP contribution >= 0.6 is 11.8 Å². The molecule has 1 atom stereocenters. The lowest BCUT2D eigenvalue weighted by atomic mass is 9.99. The van der Waals surface area contributed by atoms with Gasteiger partial charge in [0.1, 0.15) is 0 Å². The molecule has 0 amide bonds. The van der Waals surface area contributed by atoms with Crippen molar-refractivity contribution in [1.29, 1.82) is 0 Å². The van der Waals surface area contributed by atoms with Gasteiger partial charge < -0.3 is 10.2 Å². The molecule has 0 aliphatic carbocycles. The van der Waals surface area contributed by atoms with Crippen LogP contribution in [-0.4, -0.2) is 48.6 Å². The molecule has 2 heterocycles. The van der Waals surface area contributed by atoms with E-state index in [0.717, 1.165) is 12.0 Å². The topological polar surface area (TPSA) is 15.3 Å². The zero-order valence-corrected chi connectivity index (χ0v) is 11.4. The molecule has 2 rings (SSSR count). The zero-order valence-electron chi connectivity index (χ0n) is 10.6. The molecule has 0 radical (unpaired) electrons. The molecule has 2 aliphatic heterocycles. The van der Waals surface area contributed by atoms with E-state index in [4.69, 9.17) is 0 Å². The van der Waals surface area contributed by atoms with Crippen LogP contribution in [-0.2, 0) is 0 Å². The first-order valence-electron chi connectivity index (χ1n) is 6.88. The second-order valence-corrected chi connectivity index (χ2v) is 6.54. The maximum absolute atomic E-state index is 3.68. The summed E-state index contributed by atoms with van der Waals surface area (Å²) in [6.45, 7) is 7.58. The molecule has 1 unspecified atom stereocenters. The van der Waals surface area contributed by atoms with E-state index in [1.807, 2.05) is 0 Å². The van der Waals surface area contributed by atoms with Crippen molar-refractivity contribution in [3.05, 3.63) is 0 Å². The second kappa shape index (κ2) is 6.87. The molecule has 2 fully saturated rings. The van der Waals surface area contributed by atoms with Crippen molar-refractivity contribution in [3.63, 3.8) is 0 Å². The van der Waals surface area contributed by atoms with Gasteiger partial charge in [0.05, 0.1) is 0 Å². The number of rotatable bonds is 5. The number of hydrogen-bond acceptors (Lipinski definition) is 3. The molecule has 0 saturated carbocycles. The predicted molar refractivity (Wildman–Crippen MR) is 73.2 cm³/mol. The van der Waals surface area contributed by atoms with Crippen LogP contribution in [0.25, 0.3) is 0 Å². The summed E-state index contributed by atoms with van der Waals surface area (Å²) in [5.41, 5.74) is 0. The first kappa shape index (κ1) is 12.7. The Balaban J connectivity index is 1.48. The SMILES string of the molecule is CC1CCN(CCCNC2CCSC2)CC1. The maximum atomic E-state index is 3.68. The number of piperidine rings is 1. The molecular weight excluding hydrogens is 216 g/mol. The van der Waals surface area contributed by atoms with Crippen LogP contribution in [0, 0.1) is 5.92 Å². The minimum atomic E-state index is 0.811. The number of thioether (sulfide) groups is 1. The van der Waals surface area contributed by atoms with Crippen molar-refractivity contribution in [2.45, 2.75) is 38.6 Å². The number of hydrogen-bond donors (Lipinski definition) is 1. The van der Waals surface area contributed by atoms with Crippen LogP contribution in [0.5, 0.6) is 0 Å². The molecule has 3 heteroatoms. The monoisotopic (exact) mass is 242 g/mol. The molecule has 1 N–H and O–H groups in total. The van der Waals surface area contributed by atoms with Gasteiger partial charge in [-0.3, -0.25) is 0 Å². The Morgan fingerprint density at radius 3 is 2.75 bits per heavy atom. The van der Waals surface area contributed by atoms with Gasteiger partial charge in [-0.2, -0.15) is 11.8 Å². The Hall–Kier alpha value is 0.270. The predicted octanol–water partition coefficient (Wildman–Crippen LogP) is 2.20. The Morgan fingerprint density at radius 1 is 1.25 bits per heavy atom. The Bertz CT molecular complexity index is 184. The van der Waals surface area contributed by atoms with Gasteiger partial charge in [-0.25, -0.2) is 0 Å². The average Bonchev–Trinajstić information content (AvgIpc) is 2.80. The summed E-state index contributed by atoms with van der Waals surface area (Å²) < 4.78 is 0. The Kier molecular flexibility index (Phi) is 5.46. The van der Waals surface area contributed by atoms with Gasteiger partial charge >= 0.3 is 0 Å². The van der Waals surface area contributed by atoms with E-state index in [-0.39, 0.29) is 0 Å². The summed E-state index contributed by atoms with van der Waals surface area (Å²) in [6.07, 6.45) is 5.53. The highest BCUT2D eigenvalue weighted by atomic mass is 32.2. The van der Waals surface area contributed by atoms with Crippen molar-refractivity contribution in [2.24, 2.45) is 5.92 Å². The van der Waals surface area contributed by atoms with Crippen molar-refractivity contribution in [3.8, 4) is 0 Å². The van der Waals surface area contributed by atoms with E-state index in [9.17, 15) is 0 Å². The highest BCUT2D eigenvalue weighted by Crippen LogP contribution is 2.17. The minimum Gasteiger partial charge on any atom is -0.313 e. The summed E-state index contributed by atoms with van der Waals surface area (Å²) in [5.74, 6) is 3.66. The maximum Gasteiger partial charge on any atom is 0.0166 e. The lowest BCUT2D eigenvalue weighted by molar-refractivity contribution is 0.190. The highest BCUT2D eigenvalue weighted by molar-refractivity contribution is 7.99. The van der Waals surface area contributed by atoms with Crippen molar-refractivity contribution in [1.82, 2.24) is 10.2 Å². The number of likely N-dealkylation sites (tertiary alicyclic amines) is 1. The fourth-order valence-electron chi connectivity index (χ4n) is 2.59. The van der Waals surface area contributed by atoms with Crippen LogP contribution < -0.4 is 5.32 Å². The van der Waals surface area contributed by atoms with Gasteiger partial charge in [0, 0.05) is 11.8 Å². The van der Waals surface area contributed by atoms with Crippen molar-refractivity contribution in [2.75, 3.05) is 37.7 Å². The standard InChI is InChI=1S/C13H26N2S/c1-12-3-8-15(9-4-12)7-2-6-14-13-5-10-16-11-13/h12-14H,2-11H2,1H3. The molecule has 94 valence electrons. The van der Waals surface area contributed by atoms with E-state index >= 15 is 0 Å². The second-order valence-electron chi connectivity index (χ2n) is 5.39. The number of nitrogens with zero attached hydrogens (tertiary/aromatic N) is 1. The van der Waals surface area contributed by atoms with Gasteiger partial charge in [-0.15, -0.1) is 0 Å². The molecule has 0 aromatic rings. The minimum absolute atomic E-state index is 0.811. The van der Waals surface area contributed by atoms with Crippen LogP contribution in [0.1, 0.15) is 32.6 Å². The summed E-state index contributed by atoms with van der Waals surface area (Å²) >= 11 is 2.10. The fourth-order valence-corrected chi connectivity index (χ4v) is 3.78. The third-order valence-corrected chi connectivity index (χ3v) is 5.05. The van der Waals surface area contributed by atoms with Crippen LogP contribution in [0.3, 0.4) is 0 Å². The molecule has 0 bridgehead atoms. The van der Waals surface area contributed by atoms with Gasteiger partial charge in [-0.1, -0.05) is 6.92 Å². The van der Waals surface area contributed by atoms with E-state index < -0.39 is 0 Å². The van der Waals surface area contributed by atoms with E-state index in [1.54, 1.807) is 0 Å². The molecule has 16 heavy (non-hydrogen) atoms. The quantitative estimate of drug-likeness (QED) is 0.744. The fraction of sp³-hybridized carbons (Fsp3) is 1.00. The lowest BCUT2D eigenvalue weighted by Gasteiger charge is -2.30. The van der Waals surface area contributed by atoms with E-state index in [0.29, 0.717) is 0 Å². The van der Waals surface area contributed by atoms with Gasteiger partial charge in [0.2, 0.25) is 0 Å². The van der Waals surface area contributed by atoms with Crippen LogP contribution in [0.15, 0.2) is 0 Å². The lowest BCUT2D eigenvalue weighted by Crippen LogP contribution is -2.36. The summed E-state index contributed by atoms with van der Waals surface area (Å²) in [7, 11) is 0. The molecule has 0 spiro atoms. The first-order valence-corrected chi connectivity index (χ1v) is 8.03. The van der Waals surface area contributed by atoms with E-state index in [2.05, 4.69) is 28.9 Å². The molecule has 2 aliphatic rings.